The summed E-state index contributed by atoms with van der Waals surface area (Å²) >= 11 is 0. The van der Waals surface area contributed by atoms with Crippen molar-refractivity contribution in [2.75, 3.05) is 26.2 Å². The molecule has 3 aliphatic rings. The van der Waals surface area contributed by atoms with Crippen LogP contribution in [-0.4, -0.2) is 76.5 Å². The number of primary amides is 1. The normalized spacial score (nSPS) is 31.8. The number of amides is 2. The number of carboxylic acid groups (broad SMARTS) is 1. The van der Waals surface area contributed by atoms with Gasteiger partial charge in [0.25, 0.3) is 0 Å². The van der Waals surface area contributed by atoms with Gasteiger partial charge in [-0.25, -0.2) is 0 Å². The molecule has 4 N–H and O–H groups in total. The highest BCUT2D eigenvalue weighted by atomic mass is 16.4. The molecular formula is C20H34N4O4. The summed E-state index contributed by atoms with van der Waals surface area (Å²) in [5, 5.41) is 12.6. The number of carbonyl (C=O) groups is 3. The smallest absolute Gasteiger partial charge is 0.308 e. The second-order valence-electron chi connectivity index (χ2n) is 8.70. The monoisotopic (exact) mass is 394 g/mol. The Morgan fingerprint density at radius 1 is 1.04 bits per heavy atom. The molecular weight excluding hydrogens is 360 g/mol. The van der Waals surface area contributed by atoms with Gasteiger partial charge in [0.1, 0.15) is 5.54 Å². The first kappa shape index (κ1) is 21.0. The second kappa shape index (κ2) is 8.78. The fraction of sp³-hybridized carbons (Fsp3) is 0.850. The highest BCUT2D eigenvalue weighted by Gasteiger charge is 2.48. The topological polar surface area (TPSA) is 116 Å². The molecule has 0 aromatic carbocycles. The van der Waals surface area contributed by atoms with Crippen molar-refractivity contribution in [3.8, 4) is 0 Å². The quantitative estimate of drug-likeness (QED) is 0.627. The number of piperidine rings is 2. The molecule has 0 aromatic rings. The standard InChI is InChI=1S/C20H34N4O4/c1-14(25)22-15-5-6-17(16(13-15)18(26)27)23-11-7-20(8-12-23,19(21)28)24-9-3-2-4-10-24/h15-17H,2-13H2,1H3,(H2,21,28)(H,22,25)(H,26,27). The molecule has 3 unspecified atom stereocenters. The minimum absolute atomic E-state index is 0.0465. The molecule has 2 aliphatic heterocycles. The Kier molecular flexibility index (Phi) is 6.60. The molecule has 0 spiro atoms. The summed E-state index contributed by atoms with van der Waals surface area (Å²) in [4.78, 5) is 40.2. The number of rotatable bonds is 5. The highest BCUT2D eigenvalue weighted by molar-refractivity contribution is 5.85. The Bertz CT molecular complexity index is 597. The van der Waals surface area contributed by atoms with E-state index in [4.69, 9.17) is 5.73 Å². The van der Waals surface area contributed by atoms with E-state index in [0.29, 0.717) is 32.4 Å². The maximum absolute atomic E-state index is 12.4. The fourth-order valence-electron chi connectivity index (χ4n) is 5.54. The Labute approximate surface area is 166 Å². The molecule has 3 fully saturated rings. The van der Waals surface area contributed by atoms with Gasteiger partial charge in [-0.05, 0) is 58.0 Å². The largest absolute Gasteiger partial charge is 0.481 e. The minimum atomic E-state index is -0.803. The fourth-order valence-corrected chi connectivity index (χ4v) is 5.54. The van der Waals surface area contributed by atoms with Crippen LogP contribution in [-0.2, 0) is 14.4 Å². The van der Waals surface area contributed by atoms with Gasteiger partial charge >= 0.3 is 5.97 Å². The Hall–Kier alpha value is -1.67. The zero-order chi connectivity index (χ0) is 20.3. The van der Waals surface area contributed by atoms with E-state index in [-0.39, 0.29) is 23.9 Å². The van der Waals surface area contributed by atoms with Crippen molar-refractivity contribution in [3.05, 3.63) is 0 Å². The van der Waals surface area contributed by atoms with Crippen molar-refractivity contribution in [2.45, 2.75) is 75.9 Å². The number of hydrogen-bond donors (Lipinski definition) is 3. The zero-order valence-electron chi connectivity index (χ0n) is 16.9. The van der Waals surface area contributed by atoms with E-state index >= 15 is 0 Å². The molecule has 3 rings (SSSR count). The van der Waals surface area contributed by atoms with Crippen molar-refractivity contribution in [1.29, 1.82) is 0 Å². The van der Waals surface area contributed by atoms with Crippen LogP contribution in [0, 0.1) is 5.92 Å². The maximum atomic E-state index is 12.4. The first-order chi connectivity index (χ1) is 13.3. The first-order valence-electron chi connectivity index (χ1n) is 10.6. The lowest BCUT2D eigenvalue weighted by Gasteiger charge is -2.51. The summed E-state index contributed by atoms with van der Waals surface area (Å²) in [5.41, 5.74) is 5.28. The van der Waals surface area contributed by atoms with Gasteiger partial charge in [-0.2, -0.15) is 0 Å². The Balaban J connectivity index is 1.66. The predicted molar refractivity (Wildman–Crippen MR) is 105 cm³/mol. The molecule has 1 aliphatic carbocycles. The van der Waals surface area contributed by atoms with Crippen molar-refractivity contribution in [3.63, 3.8) is 0 Å². The van der Waals surface area contributed by atoms with Gasteiger partial charge in [0.2, 0.25) is 11.8 Å². The third kappa shape index (κ3) is 4.33. The molecule has 1 saturated carbocycles. The van der Waals surface area contributed by atoms with Crippen LogP contribution in [0.15, 0.2) is 0 Å². The minimum Gasteiger partial charge on any atom is -0.481 e. The average Bonchev–Trinajstić information content (AvgIpc) is 2.68. The number of likely N-dealkylation sites (tertiary alicyclic amines) is 2. The zero-order valence-corrected chi connectivity index (χ0v) is 16.9. The number of nitrogens with zero attached hydrogens (tertiary/aromatic N) is 2. The van der Waals surface area contributed by atoms with Crippen molar-refractivity contribution < 1.29 is 19.5 Å². The van der Waals surface area contributed by atoms with Crippen LogP contribution in [0.2, 0.25) is 0 Å². The second-order valence-corrected chi connectivity index (χ2v) is 8.70. The summed E-state index contributed by atoms with van der Waals surface area (Å²) < 4.78 is 0. The van der Waals surface area contributed by atoms with E-state index in [9.17, 15) is 19.5 Å². The molecule has 158 valence electrons. The van der Waals surface area contributed by atoms with Crippen LogP contribution in [0.3, 0.4) is 0 Å². The van der Waals surface area contributed by atoms with Gasteiger partial charge in [-0.15, -0.1) is 0 Å². The first-order valence-corrected chi connectivity index (χ1v) is 10.6. The maximum Gasteiger partial charge on any atom is 0.308 e. The number of carboxylic acids is 1. The Morgan fingerprint density at radius 2 is 1.68 bits per heavy atom. The van der Waals surface area contributed by atoms with Crippen LogP contribution < -0.4 is 11.1 Å². The molecule has 2 heterocycles. The molecule has 2 saturated heterocycles. The lowest BCUT2D eigenvalue weighted by atomic mass is 9.77. The van der Waals surface area contributed by atoms with E-state index in [1.807, 2.05) is 0 Å². The summed E-state index contributed by atoms with van der Waals surface area (Å²) in [6.45, 7) is 4.69. The van der Waals surface area contributed by atoms with E-state index in [1.165, 1.54) is 13.3 Å². The van der Waals surface area contributed by atoms with Gasteiger partial charge in [0, 0.05) is 32.1 Å². The van der Waals surface area contributed by atoms with E-state index < -0.39 is 17.4 Å². The van der Waals surface area contributed by atoms with Gasteiger partial charge in [0.05, 0.1) is 5.92 Å². The van der Waals surface area contributed by atoms with Crippen molar-refractivity contribution in [2.24, 2.45) is 11.7 Å². The predicted octanol–water partition coefficient (Wildman–Crippen LogP) is 0.550. The van der Waals surface area contributed by atoms with E-state index in [2.05, 4.69) is 15.1 Å². The third-order valence-corrected chi connectivity index (χ3v) is 7.05. The molecule has 0 aromatic heterocycles. The number of nitrogens with two attached hydrogens (primary N) is 1. The van der Waals surface area contributed by atoms with Crippen molar-refractivity contribution in [1.82, 2.24) is 15.1 Å². The van der Waals surface area contributed by atoms with Gasteiger partial charge in [0.15, 0.2) is 0 Å². The van der Waals surface area contributed by atoms with E-state index in [1.54, 1.807) is 0 Å². The van der Waals surface area contributed by atoms with E-state index in [0.717, 1.165) is 38.8 Å². The molecule has 0 bridgehead atoms. The summed E-state index contributed by atoms with van der Waals surface area (Å²) in [5.74, 6) is -1.65. The lowest BCUT2D eigenvalue weighted by Crippen LogP contribution is -2.65. The van der Waals surface area contributed by atoms with Gasteiger partial charge < -0.3 is 16.2 Å². The summed E-state index contributed by atoms with van der Waals surface area (Å²) in [6, 6.07) is -0.118. The number of aliphatic carboxylic acids is 1. The van der Waals surface area contributed by atoms with Crippen LogP contribution in [0.1, 0.15) is 58.3 Å². The SMILES string of the molecule is CC(=O)NC1CCC(N2CCC(C(N)=O)(N3CCCCC3)CC2)C(C(=O)O)C1. The average molecular weight is 395 g/mol. The lowest BCUT2D eigenvalue weighted by molar-refractivity contribution is -0.148. The molecule has 0 radical (unpaired) electrons. The molecule has 2 amide bonds. The molecule has 8 heteroatoms. The van der Waals surface area contributed by atoms with Gasteiger partial charge in [-0.1, -0.05) is 6.42 Å². The number of nitrogens with one attached hydrogen (secondary N) is 1. The van der Waals surface area contributed by atoms with Crippen molar-refractivity contribution >= 4 is 17.8 Å². The molecule has 8 nitrogen and oxygen atoms in total. The summed E-state index contributed by atoms with van der Waals surface area (Å²) in [7, 11) is 0. The number of hydrogen-bond acceptors (Lipinski definition) is 5. The van der Waals surface area contributed by atoms with Crippen LogP contribution in [0.4, 0.5) is 0 Å². The van der Waals surface area contributed by atoms with Gasteiger partial charge in [-0.3, -0.25) is 24.2 Å². The Morgan fingerprint density at radius 3 is 2.21 bits per heavy atom. The molecule has 3 atom stereocenters. The highest BCUT2D eigenvalue weighted by Crippen LogP contribution is 2.36. The molecule has 28 heavy (non-hydrogen) atoms. The number of carbonyl (C=O) groups excluding carboxylic acids is 2. The van der Waals surface area contributed by atoms with Crippen LogP contribution in [0.25, 0.3) is 0 Å². The summed E-state index contributed by atoms with van der Waals surface area (Å²) in [6.07, 6.45) is 6.74. The van der Waals surface area contributed by atoms with Crippen LogP contribution >= 0.6 is 0 Å². The third-order valence-electron chi connectivity index (χ3n) is 7.05. The van der Waals surface area contributed by atoms with Crippen LogP contribution in [0.5, 0.6) is 0 Å².